The summed E-state index contributed by atoms with van der Waals surface area (Å²) in [5.41, 5.74) is 2.93. The van der Waals surface area contributed by atoms with Crippen molar-refractivity contribution in [1.82, 2.24) is 10.3 Å². The fraction of sp³-hybridized carbons (Fsp3) is 0.438. The molecule has 2 aromatic rings. The van der Waals surface area contributed by atoms with Crippen molar-refractivity contribution in [3.63, 3.8) is 0 Å². The number of hydrogen-bond donors (Lipinski definition) is 1. The summed E-state index contributed by atoms with van der Waals surface area (Å²) in [6.07, 6.45) is 6.35. The molecule has 0 spiro atoms. The monoisotopic (exact) mass is 256 g/mol. The van der Waals surface area contributed by atoms with Crippen molar-refractivity contribution in [1.29, 1.82) is 0 Å². The minimum absolute atomic E-state index is 0.445. The third-order valence-corrected chi connectivity index (χ3v) is 3.80. The van der Waals surface area contributed by atoms with E-state index in [-0.39, 0.29) is 0 Å². The third-order valence-electron chi connectivity index (χ3n) is 3.80. The predicted octanol–water partition coefficient (Wildman–Crippen LogP) is 3.40. The molecule has 0 aliphatic heterocycles. The van der Waals surface area contributed by atoms with Crippen LogP contribution in [0, 0.1) is 0 Å². The second-order valence-electron chi connectivity index (χ2n) is 5.10. The molecule has 0 fully saturated rings. The van der Waals surface area contributed by atoms with E-state index < -0.39 is 0 Å². The molecule has 1 aliphatic carbocycles. The van der Waals surface area contributed by atoms with Crippen LogP contribution in [0.2, 0.25) is 0 Å². The van der Waals surface area contributed by atoms with Crippen LogP contribution in [0.5, 0.6) is 0 Å². The Hall–Kier alpha value is -1.61. The van der Waals surface area contributed by atoms with Crippen LogP contribution >= 0.6 is 0 Å². The summed E-state index contributed by atoms with van der Waals surface area (Å²) < 4.78 is 5.64. The summed E-state index contributed by atoms with van der Waals surface area (Å²) in [4.78, 5) is 4.24. The summed E-state index contributed by atoms with van der Waals surface area (Å²) in [7, 11) is 0. The molecule has 100 valence electrons. The molecule has 19 heavy (non-hydrogen) atoms. The van der Waals surface area contributed by atoms with Crippen LogP contribution in [0.15, 0.2) is 34.9 Å². The molecule has 1 aromatic carbocycles. The molecule has 0 saturated carbocycles. The molecule has 1 unspecified atom stereocenters. The van der Waals surface area contributed by atoms with Gasteiger partial charge >= 0.3 is 0 Å². The maximum Gasteiger partial charge on any atom is 0.194 e. The van der Waals surface area contributed by atoms with E-state index in [4.69, 9.17) is 4.42 Å². The Morgan fingerprint density at radius 2 is 2.26 bits per heavy atom. The fourth-order valence-electron chi connectivity index (χ4n) is 2.78. The molecule has 3 nitrogen and oxygen atoms in total. The number of aromatic nitrogens is 1. The lowest BCUT2D eigenvalue weighted by Crippen LogP contribution is -2.24. The van der Waals surface area contributed by atoms with Gasteiger partial charge in [-0.1, -0.05) is 31.2 Å². The van der Waals surface area contributed by atoms with Gasteiger partial charge in [0.1, 0.15) is 5.76 Å². The Balaban J connectivity index is 1.68. The molecule has 0 bridgehead atoms. The van der Waals surface area contributed by atoms with Crippen molar-refractivity contribution in [2.75, 3.05) is 0 Å². The lowest BCUT2D eigenvalue weighted by atomic mass is 9.88. The van der Waals surface area contributed by atoms with Crippen molar-refractivity contribution < 1.29 is 4.42 Å². The zero-order valence-electron chi connectivity index (χ0n) is 11.4. The van der Waals surface area contributed by atoms with Gasteiger partial charge in [-0.15, -0.1) is 0 Å². The quantitative estimate of drug-likeness (QED) is 0.911. The summed E-state index contributed by atoms with van der Waals surface area (Å²) >= 11 is 0. The summed E-state index contributed by atoms with van der Waals surface area (Å²) in [5, 5.41) is 3.60. The van der Waals surface area contributed by atoms with Crippen molar-refractivity contribution in [3.05, 3.63) is 53.2 Å². The minimum atomic E-state index is 0.445. The molecule has 0 amide bonds. The number of oxazole rings is 1. The maximum atomic E-state index is 5.64. The van der Waals surface area contributed by atoms with Crippen molar-refractivity contribution >= 4 is 0 Å². The molecule has 3 heteroatoms. The van der Waals surface area contributed by atoms with Crippen LogP contribution in [-0.4, -0.2) is 4.98 Å². The van der Waals surface area contributed by atoms with E-state index in [1.165, 1.54) is 30.4 Å². The topological polar surface area (TPSA) is 38.1 Å². The average Bonchev–Trinajstić information content (AvgIpc) is 2.93. The van der Waals surface area contributed by atoms with Gasteiger partial charge in [-0.2, -0.15) is 0 Å². The van der Waals surface area contributed by atoms with Gasteiger partial charge in [0.15, 0.2) is 5.89 Å². The first-order valence-corrected chi connectivity index (χ1v) is 7.11. The van der Waals surface area contributed by atoms with Crippen LogP contribution in [0.3, 0.4) is 0 Å². The molecule has 3 rings (SSSR count). The number of hydrogen-bond acceptors (Lipinski definition) is 3. The molecule has 1 aliphatic rings. The Morgan fingerprint density at radius 1 is 1.37 bits per heavy atom. The highest BCUT2D eigenvalue weighted by Crippen LogP contribution is 2.29. The first-order chi connectivity index (χ1) is 9.36. The van der Waals surface area contributed by atoms with Gasteiger partial charge in [0.25, 0.3) is 0 Å². The average molecular weight is 256 g/mol. The molecule has 1 aromatic heterocycles. The molecular formula is C16H20N2O. The van der Waals surface area contributed by atoms with Gasteiger partial charge in [-0.05, 0) is 30.4 Å². The second-order valence-corrected chi connectivity index (χ2v) is 5.10. The normalized spacial score (nSPS) is 18.3. The molecule has 1 heterocycles. The first-order valence-electron chi connectivity index (χ1n) is 7.11. The molecular weight excluding hydrogens is 236 g/mol. The van der Waals surface area contributed by atoms with E-state index in [1.54, 1.807) is 0 Å². The van der Waals surface area contributed by atoms with Crippen LogP contribution in [0.4, 0.5) is 0 Å². The largest absolute Gasteiger partial charge is 0.444 e. The number of nitrogens with one attached hydrogen (secondary N) is 1. The number of rotatable bonds is 4. The highest BCUT2D eigenvalue weighted by molar-refractivity contribution is 5.32. The standard InChI is InChI=1S/C16H20N2O/c1-2-16-18-11-13(19-16)10-17-15-9-5-7-12-6-3-4-8-14(12)15/h3-4,6,8,11,15,17H,2,5,7,9-10H2,1H3. The summed E-state index contributed by atoms with van der Waals surface area (Å²) in [6.45, 7) is 2.81. The maximum absolute atomic E-state index is 5.64. The van der Waals surface area contributed by atoms with Crippen LogP contribution in [0.1, 0.15) is 48.6 Å². The lowest BCUT2D eigenvalue weighted by molar-refractivity contribution is 0.402. The molecule has 1 N–H and O–H groups in total. The van der Waals surface area contributed by atoms with Gasteiger partial charge in [0, 0.05) is 12.5 Å². The van der Waals surface area contributed by atoms with E-state index in [2.05, 4.69) is 41.5 Å². The van der Waals surface area contributed by atoms with E-state index >= 15 is 0 Å². The van der Waals surface area contributed by atoms with Crippen LogP contribution in [0.25, 0.3) is 0 Å². The van der Waals surface area contributed by atoms with Gasteiger partial charge in [0.2, 0.25) is 0 Å². The smallest absolute Gasteiger partial charge is 0.194 e. The van der Waals surface area contributed by atoms with Crippen molar-refractivity contribution in [2.24, 2.45) is 0 Å². The summed E-state index contributed by atoms with van der Waals surface area (Å²) in [5.74, 6) is 1.75. The van der Waals surface area contributed by atoms with Crippen molar-refractivity contribution in [3.8, 4) is 0 Å². The number of benzene rings is 1. The van der Waals surface area contributed by atoms with Crippen LogP contribution < -0.4 is 5.32 Å². The Kier molecular flexibility index (Phi) is 3.65. The Labute approximate surface area is 114 Å². The molecule has 0 saturated heterocycles. The number of nitrogens with zero attached hydrogens (tertiary/aromatic N) is 1. The van der Waals surface area contributed by atoms with Gasteiger partial charge < -0.3 is 9.73 Å². The van der Waals surface area contributed by atoms with Gasteiger partial charge in [-0.25, -0.2) is 4.98 Å². The highest BCUT2D eigenvalue weighted by Gasteiger charge is 2.19. The zero-order valence-corrected chi connectivity index (χ0v) is 11.4. The first kappa shape index (κ1) is 12.4. The number of fused-ring (bicyclic) bond motifs is 1. The highest BCUT2D eigenvalue weighted by atomic mass is 16.4. The van der Waals surface area contributed by atoms with E-state index in [9.17, 15) is 0 Å². The Morgan fingerprint density at radius 3 is 3.11 bits per heavy atom. The third kappa shape index (κ3) is 2.71. The molecule has 0 radical (unpaired) electrons. The number of aryl methyl sites for hydroxylation is 2. The molecule has 1 atom stereocenters. The predicted molar refractivity (Wildman–Crippen MR) is 74.8 cm³/mol. The second kappa shape index (κ2) is 5.57. The van der Waals surface area contributed by atoms with Gasteiger partial charge in [0.05, 0.1) is 12.7 Å². The van der Waals surface area contributed by atoms with E-state index in [0.717, 1.165) is 24.6 Å². The van der Waals surface area contributed by atoms with Crippen LogP contribution in [-0.2, 0) is 19.4 Å². The lowest BCUT2D eigenvalue weighted by Gasteiger charge is -2.26. The van der Waals surface area contributed by atoms with Gasteiger partial charge in [-0.3, -0.25) is 0 Å². The SMILES string of the molecule is CCc1ncc(CNC2CCCc3ccccc32)o1. The van der Waals surface area contributed by atoms with E-state index in [1.807, 2.05) is 6.20 Å². The zero-order chi connectivity index (χ0) is 13.1. The summed E-state index contributed by atoms with van der Waals surface area (Å²) in [6, 6.07) is 9.19. The fourth-order valence-corrected chi connectivity index (χ4v) is 2.78. The van der Waals surface area contributed by atoms with Crippen molar-refractivity contribution in [2.45, 2.75) is 45.2 Å². The minimum Gasteiger partial charge on any atom is -0.444 e. The Bertz CT molecular complexity index is 547. The van der Waals surface area contributed by atoms with E-state index in [0.29, 0.717) is 6.04 Å².